The highest BCUT2D eigenvalue weighted by Crippen LogP contribution is 2.43. The first-order valence-corrected chi connectivity index (χ1v) is 9.63. The summed E-state index contributed by atoms with van der Waals surface area (Å²) in [5.74, 6) is -0.334. The van der Waals surface area contributed by atoms with Crippen molar-refractivity contribution in [2.45, 2.75) is 6.61 Å². The maximum atomic E-state index is 13.7. The van der Waals surface area contributed by atoms with Gasteiger partial charge in [-0.3, -0.25) is 4.98 Å². The fourth-order valence-electron chi connectivity index (χ4n) is 3.71. The van der Waals surface area contributed by atoms with Gasteiger partial charge in [0.15, 0.2) is 0 Å². The largest absolute Gasteiger partial charge is 0.440 e. The van der Waals surface area contributed by atoms with Gasteiger partial charge in [-0.1, -0.05) is 12.1 Å². The third-order valence-electron chi connectivity index (χ3n) is 5.11. The molecule has 0 bridgehead atoms. The first-order valence-electron chi connectivity index (χ1n) is 9.63. The summed E-state index contributed by atoms with van der Waals surface area (Å²) in [6, 6.07) is 17.7. The van der Waals surface area contributed by atoms with E-state index in [1.807, 2.05) is 12.1 Å². The monoisotopic (exact) mass is 414 g/mol. The number of hydrogen-bond acceptors (Lipinski definition) is 4. The van der Waals surface area contributed by atoms with Crippen LogP contribution in [0.2, 0.25) is 0 Å². The Bertz CT molecular complexity index is 1360. The number of benzene rings is 2. The molecule has 3 heterocycles. The summed E-state index contributed by atoms with van der Waals surface area (Å²) >= 11 is 0. The Kier molecular flexibility index (Phi) is 4.76. The number of hydrogen-bond donors (Lipinski definition) is 1. The van der Waals surface area contributed by atoms with Crippen LogP contribution >= 0.6 is 0 Å². The molecule has 0 radical (unpaired) electrons. The zero-order valence-electron chi connectivity index (χ0n) is 16.2. The van der Waals surface area contributed by atoms with E-state index in [0.717, 1.165) is 22.3 Å². The van der Waals surface area contributed by atoms with Gasteiger partial charge in [-0.15, -0.1) is 0 Å². The van der Waals surface area contributed by atoms with E-state index in [0.29, 0.717) is 28.1 Å². The molecule has 0 aliphatic rings. The summed E-state index contributed by atoms with van der Waals surface area (Å²) < 4.78 is 33.0. The molecular weight excluding hydrogens is 398 g/mol. The fourth-order valence-corrected chi connectivity index (χ4v) is 3.71. The number of rotatable bonds is 4. The number of fused-ring (bicyclic) bond motifs is 1. The van der Waals surface area contributed by atoms with Crippen molar-refractivity contribution in [3.8, 4) is 33.5 Å². The van der Waals surface area contributed by atoms with Crippen LogP contribution in [0.3, 0.4) is 0 Å². The maximum Gasteiger partial charge on any atom is 0.227 e. The minimum Gasteiger partial charge on any atom is -0.440 e. The number of pyridine rings is 2. The summed E-state index contributed by atoms with van der Waals surface area (Å²) in [6.07, 6.45) is 3.36. The molecule has 0 atom stereocenters. The van der Waals surface area contributed by atoms with Crippen LogP contribution in [-0.2, 0) is 6.61 Å². The molecule has 0 saturated heterocycles. The molecule has 152 valence electrons. The molecule has 3 aromatic heterocycles. The molecule has 1 N–H and O–H groups in total. The maximum absolute atomic E-state index is 13.7. The van der Waals surface area contributed by atoms with Gasteiger partial charge < -0.3 is 9.52 Å². The average Bonchev–Trinajstić information content (AvgIpc) is 3.23. The number of furan rings is 1. The van der Waals surface area contributed by atoms with Gasteiger partial charge in [0.2, 0.25) is 5.71 Å². The van der Waals surface area contributed by atoms with Gasteiger partial charge >= 0.3 is 0 Å². The lowest BCUT2D eigenvalue weighted by Gasteiger charge is -2.16. The highest BCUT2D eigenvalue weighted by molar-refractivity contribution is 6.05. The van der Waals surface area contributed by atoms with Gasteiger partial charge in [0, 0.05) is 34.5 Å². The molecule has 5 aromatic rings. The lowest BCUT2D eigenvalue weighted by atomic mass is 9.89. The Morgan fingerprint density at radius 2 is 1.32 bits per heavy atom. The molecule has 0 spiro atoms. The Morgan fingerprint density at radius 1 is 0.742 bits per heavy atom. The van der Waals surface area contributed by atoms with E-state index in [1.54, 1.807) is 42.7 Å². The third kappa shape index (κ3) is 3.47. The van der Waals surface area contributed by atoms with Crippen molar-refractivity contribution in [2.24, 2.45) is 0 Å². The number of nitrogens with zero attached hydrogens (tertiary/aromatic N) is 2. The molecule has 4 nitrogen and oxygen atoms in total. The van der Waals surface area contributed by atoms with Crippen LogP contribution in [0, 0.1) is 11.6 Å². The van der Waals surface area contributed by atoms with E-state index in [2.05, 4.69) is 4.98 Å². The minimum atomic E-state index is -0.352. The number of aromatic nitrogens is 2. The van der Waals surface area contributed by atoms with Crippen molar-refractivity contribution in [1.82, 2.24) is 9.97 Å². The Morgan fingerprint density at radius 3 is 1.94 bits per heavy atom. The third-order valence-corrected chi connectivity index (χ3v) is 5.11. The highest BCUT2D eigenvalue weighted by atomic mass is 19.1. The Hall–Kier alpha value is -3.90. The van der Waals surface area contributed by atoms with Crippen LogP contribution in [0.1, 0.15) is 5.76 Å². The lowest BCUT2D eigenvalue weighted by molar-refractivity contribution is 0.250. The van der Waals surface area contributed by atoms with Gasteiger partial charge in [-0.05, 0) is 65.7 Å². The number of aliphatic hydroxyl groups excluding tert-OH is 1. The quantitative estimate of drug-likeness (QED) is 0.392. The van der Waals surface area contributed by atoms with Crippen LogP contribution < -0.4 is 0 Å². The van der Waals surface area contributed by atoms with Crippen LogP contribution in [0.15, 0.2) is 83.5 Å². The normalized spacial score (nSPS) is 11.2. The SMILES string of the molecule is OCc1cc2c(-c3ccc(F)cc3)c(-c3ccncc3)c(-c3ccc(F)cc3)nc2o1. The molecule has 2 aromatic carbocycles. The molecular formula is C25H16F2N2O2. The van der Waals surface area contributed by atoms with Gasteiger partial charge in [0.05, 0.1) is 5.69 Å². The summed E-state index contributed by atoms with van der Waals surface area (Å²) in [5, 5.41) is 10.3. The number of aliphatic hydroxyl groups is 1. The molecule has 6 heteroatoms. The van der Waals surface area contributed by atoms with Crippen LogP contribution in [-0.4, -0.2) is 15.1 Å². The standard InChI is InChI=1S/C25H16F2N2O2/c26-18-5-1-15(2-6-18)22-21-13-20(14-30)31-25(21)29-24(17-3-7-19(27)8-4-17)23(22)16-9-11-28-12-10-16/h1-13,30H,14H2. The van der Waals surface area contributed by atoms with Gasteiger partial charge in [0.25, 0.3) is 0 Å². The second-order valence-corrected chi connectivity index (χ2v) is 7.05. The Labute approximate surface area is 176 Å². The Balaban J connectivity index is 1.93. The molecule has 0 amide bonds. The van der Waals surface area contributed by atoms with Crippen molar-refractivity contribution >= 4 is 11.1 Å². The van der Waals surface area contributed by atoms with Crippen molar-refractivity contribution in [1.29, 1.82) is 0 Å². The van der Waals surface area contributed by atoms with Gasteiger partial charge in [0.1, 0.15) is 24.0 Å². The molecule has 0 aliphatic heterocycles. The number of halogens is 2. The second-order valence-electron chi connectivity index (χ2n) is 7.05. The van der Waals surface area contributed by atoms with Gasteiger partial charge in [-0.2, -0.15) is 0 Å². The lowest BCUT2D eigenvalue weighted by Crippen LogP contribution is -1.95. The van der Waals surface area contributed by atoms with Crippen LogP contribution in [0.25, 0.3) is 44.6 Å². The highest BCUT2D eigenvalue weighted by Gasteiger charge is 2.22. The molecule has 5 rings (SSSR count). The van der Waals surface area contributed by atoms with E-state index in [4.69, 9.17) is 9.40 Å². The minimum absolute atomic E-state index is 0.282. The van der Waals surface area contributed by atoms with Crippen molar-refractivity contribution in [3.05, 3.63) is 96.5 Å². The predicted molar refractivity (Wildman–Crippen MR) is 114 cm³/mol. The van der Waals surface area contributed by atoms with Crippen LogP contribution in [0.5, 0.6) is 0 Å². The molecule has 0 unspecified atom stereocenters. The van der Waals surface area contributed by atoms with Crippen LogP contribution in [0.4, 0.5) is 8.78 Å². The van der Waals surface area contributed by atoms with E-state index in [9.17, 15) is 13.9 Å². The summed E-state index contributed by atoms with van der Waals surface area (Å²) in [4.78, 5) is 8.84. The average molecular weight is 414 g/mol. The van der Waals surface area contributed by atoms with E-state index in [-0.39, 0.29) is 18.2 Å². The second kappa shape index (κ2) is 7.74. The van der Waals surface area contributed by atoms with Crippen molar-refractivity contribution in [3.63, 3.8) is 0 Å². The fraction of sp³-hybridized carbons (Fsp3) is 0.0400. The van der Waals surface area contributed by atoms with E-state index >= 15 is 0 Å². The molecule has 0 saturated carbocycles. The molecule has 31 heavy (non-hydrogen) atoms. The molecule has 0 aliphatic carbocycles. The van der Waals surface area contributed by atoms with Crippen molar-refractivity contribution in [2.75, 3.05) is 0 Å². The zero-order chi connectivity index (χ0) is 21.4. The van der Waals surface area contributed by atoms with Gasteiger partial charge in [-0.25, -0.2) is 13.8 Å². The predicted octanol–water partition coefficient (Wildman–Crippen LogP) is 5.99. The molecule has 0 fully saturated rings. The summed E-state index contributed by atoms with van der Waals surface area (Å²) in [7, 11) is 0. The van der Waals surface area contributed by atoms with E-state index in [1.165, 1.54) is 24.3 Å². The smallest absolute Gasteiger partial charge is 0.227 e. The summed E-state index contributed by atoms with van der Waals surface area (Å²) in [5.41, 5.74) is 4.76. The van der Waals surface area contributed by atoms with Crippen molar-refractivity contribution < 1.29 is 18.3 Å². The topological polar surface area (TPSA) is 59.2 Å². The zero-order valence-corrected chi connectivity index (χ0v) is 16.2. The first-order chi connectivity index (χ1) is 15.1. The van der Waals surface area contributed by atoms with E-state index < -0.39 is 0 Å². The summed E-state index contributed by atoms with van der Waals surface area (Å²) in [6.45, 7) is -0.282. The first kappa shape index (κ1) is 19.1.